The first-order chi connectivity index (χ1) is 9.64. The van der Waals surface area contributed by atoms with Crippen molar-refractivity contribution < 1.29 is 43.9 Å². The number of alkyl halides is 9. The van der Waals surface area contributed by atoms with E-state index < -0.39 is 52.3 Å². The molecule has 1 rings (SSSR count). The van der Waals surface area contributed by atoms with Crippen molar-refractivity contribution in [3.63, 3.8) is 0 Å². The van der Waals surface area contributed by atoms with Gasteiger partial charge < -0.3 is 5.73 Å². The van der Waals surface area contributed by atoms with Gasteiger partial charge in [-0.1, -0.05) is 0 Å². The summed E-state index contributed by atoms with van der Waals surface area (Å²) >= 11 is 0. The highest BCUT2D eigenvalue weighted by Crippen LogP contribution is 2.49. The van der Waals surface area contributed by atoms with E-state index in [4.69, 9.17) is 5.26 Å². The van der Waals surface area contributed by atoms with Crippen LogP contribution in [0.2, 0.25) is 0 Å². The molecule has 0 radical (unpaired) electrons. The largest absolute Gasteiger partial charge is 0.421 e. The third-order valence-electron chi connectivity index (χ3n) is 2.44. The minimum atomic E-state index is -6.13. The summed E-state index contributed by atoms with van der Waals surface area (Å²) < 4.78 is 127. The molecule has 1 aromatic carbocycles. The van der Waals surface area contributed by atoms with Crippen molar-refractivity contribution in [3.8, 4) is 6.07 Å². The van der Waals surface area contributed by atoms with Gasteiger partial charge in [0, 0.05) is 0 Å². The van der Waals surface area contributed by atoms with Crippen LogP contribution in [0.5, 0.6) is 0 Å². The maximum Gasteiger partial charge on any atom is 0.421 e. The van der Waals surface area contributed by atoms with Crippen molar-refractivity contribution in [1.82, 2.24) is 0 Å². The molecule has 1 aromatic rings. The Balaban J connectivity index is 4.18. The van der Waals surface area contributed by atoms with Crippen molar-refractivity contribution in [3.05, 3.63) is 28.1 Å². The number of benzene rings is 1. The van der Waals surface area contributed by atoms with E-state index in [9.17, 15) is 43.9 Å². The molecule has 0 spiro atoms. The summed E-state index contributed by atoms with van der Waals surface area (Å²) in [4.78, 5) is 0. The summed E-state index contributed by atoms with van der Waals surface area (Å²) in [6.07, 6.45) is -17.9. The third kappa shape index (κ3) is 2.88. The van der Waals surface area contributed by atoms with Crippen molar-refractivity contribution in [2.24, 2.45) is 0 Å². The lowest BCUT2D eigenvalue weighted by Crippen LogP contribution is -2.25. The SMILES string of the molecule is N#Cc1c(N)c(C(F)(F)F)c(F)c(C(F)(F)F)c1C(F)(F)F. The second-order valence-corrected chi connectivity index (χ2v) is 3.83. The van der Waals surface area contributed by atoms with Crippen LogP contribution in [-0.4, -0.2) is 0 Å². The minimum absolute atomic E-state index is 0.511. The fraction of sp³-hybridized carbons (Fsp3) is 0.300. The van der Waals surface area contributed by atoms with Gasteiger partial charge in [-0.3, -0.25) is 0 Å². The highest BCUT2D eigenvalue weighted by molar-refractivity contribution is 5.67. The average molecular weight is 340 g/mol. The van der Waals surface area contributed by atoms with Crippen LogP contribution in [0.1, 0.15) is 22.3 Å². The molecule has 2 N–H and O–H groups in total. The van der Waals surface area contributed by atoms with Gasteiger partial charge in [-0.15, -0.1) is 0 Å². The Morgan fingerprint density at radius 2 is 1.09 bits per heavy atom. The number of nitrogen functional groups attached to an aromatic ring is 1. The monoisotopic (exact) mass is 340 g/mol. The maximum absolute atomic E-state index is 13.5. The van der Waals surface area contributed by atoms with Crippen molar-refractivity contribution >= 4 is 5.69 Å². The standard InChI is InChI=1S/C10H2F10N2/c11-6-4(9(15,16)17)3(8(12,13)14)2(1-21)7(22)5(6)10(18,19)20/h22H2. The molecule has 122 valence electrons. The fourth-order valence-electron chi connectivity index (χ4n) is 1.68. The zero-order chi connectivity index (χ0) is 17.7. The molecule has 0 aliphatic heterocycles. The van der Waals surface area contributed by atoms with Crippen LogP contribution in [0.3, 0.4) is 0 Å². The van der Waals surface area contributed by atoms with Gasteiger partial charge in [-0.25, -0.2) is 4.39 Å². The first kappa shape index (κ1) is 17.9. The zero-order valence-electron chi connectivity index (χ0n) is 9.80. The number of hydrogen-bond donors (Lipinski definition) is 1. The van der Waals surface area contributed by atoms with Crippen LogP contribution in [-0.2, 0) is 18.5 Å². The fourth-order valence-corrected chi connectivity index (χ4v) is 1.68. The van der Waals surface area contributed by atoms with Crippen molar-refractivity contribution in [2.45, 2.75) is 18.5 Å². The third-order valence-corrected chi connectivity index (χ3v) is 2.44. The first-order valence-electron chi connectivity index (χ1n) is 4.90. The summed E-state index contributed by atoms with van der Waals surface area (Å²) in [5.41, 5.74) is -8.48. The van der Waals surface area contributed by atoms with E-state index in [0.717, 1.165) is 0 Å². The number of nitrogens with zero attached hydrogens (tertiary/aromatic N) is 1. The van der Waals surface area contributed by atoms with Gasteiger partial charge in [0.1, 0.15) is 23.0 Å². The highest BCUT2D eigenvalue weighted by Gasteiger charge is 2.52. The lowest BCUT2D eigenvalue weighted by atomic mass is 9.93. The lowest BCUT2D eigenvalue weighted by Gasteiger charge is -2.22. The van der Waals surface area contributed by atoms with Gasteiger partial charge in [0.15, 0.2) is 0 Å². The second-order valence-electron chi connectivity index (χ2n) is 3.83. The molecule has 0 saturated heterocycles. The van der Waals surface area contributed by atoms with E-state index in [2.05, 4.69) is 5.73 Å². The molecule has 0 aliphatic carbocycles. The summed E-state index contributed by atoms with van der Waals surface area (Å²) in [7, 11) is 0. The van der Waals surface area contributed by atoms with E-state index >= 15 is 0 Å². The van der Waals surface area contributed by atoms with Gasteiger partial charge in [-0.2, -0.15) is 44.8 Å². The van der Waals surface area contributed by atoms with Crippen molar-refractivity contribution in [1.29, 1.82) is 5.26 Å². The lowest BCUT2D eigenvalue weighted by molar-refractivity contribution is -0.166. The van der Waals surface area contributed by atoms with Crippen LogP contribution in [0.25, 0.3) is 0 Å². The Labute approximate surface area is 114 Å². The van der Waals surface area contributed by atoms with Gasteiger partial charge >= 0.3 is 18.5 Å². The molecule has 0 aliphatic rings. The predicted octanol–water partition coefficient (Wildman–Crippen LogP) is 4.34. The van der Waals surface area contributed by atoms with E-state index in [0.29, 0.717) is 6.07 Å². The Hall–Kier alpha value is -2.19. The van der Waals surface area contributed by atoms with Gasteiger partial charge in [-0.05, 0) is 0 Å². The molecule has 0 amide bonds. The molecule has 0 atom stereocenters. The zero-order valence-corrected chi connectivity index (χ0v) is 9.80. The molecular weight excluding hydrogens is 338 g/mol. The molecule has 0 bridgehead atoms. The maximum atomic E-state index is 13.5. The quantitative estimate of drug-likeness (QED) is 0.564. The number of halogens is 10. The van der Waals surface area contributed by atoms with Gasteiger partial charge in [0.25, 0.3) is 0 Å². The predicted molar refractivity (Wildman–Crippen MR) is 50.5 cm³/mol. The van der Waals surface area contributed by atoms with Crippen LogP contribution in [0.15, 0.2) is 0 Å². The number of anilines is 1. The molecular formula is C10H2F10N2. The van der Waals surface area contributed by atoms with Crippen LogP contribution < -0.4 is 5.73 Å². The van der Waals surface area contributed by atoms with E-state index in [1.54, 1.807) is 0 Å². The first-order valence-corrected chi connectivity index (χ1v) is 4.90. The van der Waals surface area contributed by atoms with E-state index in [-0.39, 0.29) is 0 Å². The molecule has 0 fully saturated rings. The molecule has 12 heteroatoms. The topological polar surface area (TPSA) is 49.8 Å². The Morgan fingerprint density at radius 1 is 0.727 bits per heavy atom. The number of nitrogens with two attached hydrogens (primary N) is 1. The second kappa shape index (κ2) is 4.92. The number of nitriles is 1. The summed E-state index contributed by atoms with van der Waals surface area (Å²) in [6, 6.07) is 0.511. The molecule has 2 nitrogen and oxygen atoms in total. The van der Waals surface area contributed by atoms with Gasteiger partial charge in [0.05, 0.1) is 16.8 Å². The van der Waals surface area contributed by atoms with Crippen molar-refractivity contribution in [2.75, 3.05) is 5.73 Å². The van der Waals surface area contributed by atoms with Crippen LogP contribution in [0, 0.1) is 17.1 Å². The summed E-state index contributed by atoms with van der Waals surface area (Å²) in [6.45, 7) is 0. The van der Waals surface area contributed by atoms with Crippen LogP contribution >= 0.6 is 0 Å². The highest BCUT2D eigenvalue weighted by atomic mass is 19.4. The number of hydrogen-bond acceptors (Lipinski definition) is 2. The smallest absolute Gasteiger partial charge is 0.397 e. The Bertz CT molecular complexity index is 644. The Morgan fingerprint density at radius 3 is 1.36 bits per heavy atom. The molecule has 0 unspecified atom stereocenters. The van der Waals surface area contributed by atoms with Gasteiger partial charge in [0.2, 0.25) is 0 Å². The molecule has 0 aromatic heterocycles. The minimum Gasteiger partial charge on any atom is -0.397 e. The Kier molecular flexibility index (Phi) is 4.00. The molecule has 0 saturated carbocycles. The molecule has 22 heavy (non-hydrogen) atoms. The summed E-state index contributed by atoms with van der Waals surface area (Å²) in [5.74, 6) is -3.23. The van der Waals surface area contributed by atoms with Crippen LogP contribution in [0.4, 0.5) is 49.6 Å². The average Bonchev–Trinajstić information content (AvgIpc) is 2.22. The van der Waals surface area contributed by atoms with E-state index in [1.165, 1.54) is 0 Å². The summed E-state index contributed by atoms with van der Waals surface area (Å²) in [5, 5.41) is 8.45. The molecule has 0 heterocycles. The number of rotatable bonds is 0. The normalized spacial score (nSPS) is 13.1. The van der Waals surface area contributed by atoms with E-state index in [1.807, 2.05) is 0 Å².